The second-order valence-corrected chi connectivity index (χ2v) is 4.70. The molecule has 1 heterocycles. The first-order valence-corrected chi connectivity index (χ1v) is 6.22. The van der Waals surface area contributed by atoms with Crippen molar-refractivity contribution in [2.75, 3.05) is 0 Å². The third-order valence-electron chi connectivity index (χ3n) is 2.99. The Kier molecular flexibility index (Phi) is 4.13. The molecule has 20 heavy (non-hydrogen) atoms. The summed E-state index contributed by atoms with van der Waals surface area (Å²) in [5.74, 6) is 0. The lowest BCUT2D eigenvalue weighted by Crippen LogP contribution is -2.16. The van der Waals surface area contributed by atoms with Crippen LogP contribution in [0.1, 0.15) is 22.5 Å². The molecule has 0 saturated heterocycles. The molecule has 0 amide bonds. The summed E-state index contributed by atoms with van der Waals surface area (Å²) in [6.45, 7) is 2.85. The van der Waals surface area contributed by atoms with Crippen molar-refractivity contribution < 1.29 is 13.2 Å². The molecule has 0 unspecified atom stereocenters. The van der Waals surface area contributed by atoms with Crippen molar-refractivity contribution in [3.63, 3.8) is 0 Å². The average molecular weight is 283 g/mol. The van der Waals surface area contributed by atoms with Crippen LogP contribution in [-0.4, -0.2) is 9.78 Å². The molecule has 0 fully saturated rings. The molecule has 2 aromatic rings. The Balaban J connectivity index is 1.96. The fourth-order valence-corrected chi connectivity index (χ4v) is 2.02. The number of aromatic nitrogens is 2. The zero-order valence-corrected chi connectivity index (χ0v) is 11.3. The van der Waals surface area contributed by atoms with Gasteiger partial charge in [0.05, 0.1) is 17.0 Å². The Hall–Kier alpha value is -1.82. The van der Waals surface area contributed by atoms with Crippen LogP contribution in [0, 0.1) is 6.92 Å². The summed E-state index contributed by atoms with van der Waals surface area (Å²) >= 11 is 0. The average Bonchev–Trinajstić information content (AvgIpc) is 2.67. The van der Waals surface area contributed by atoms with E-state index in [2.05, 4.69) is 10.4 Å². The van der Waals surface area contributed by atoms with Crippen LogP contribution in [0.4, 0.5) is 13.2 Å². The van der Waals surface area contributed by atoms with Crippen LogP contribution in [0.15, 0.2) is 30.3 Å². The van der Waals surface area contributed by atoms with Gasteiger partial charge < -0.3 is 5.32 Å². The van der Waals surface area contributed by atoms with Gasteiger partial charge >= 0.3 is 6.18 Å². The number of halogens is 3. The minimum Gasteiger partial charge on any atom is -0.307 e. The molecule has 0 atom stereocenters. The van der Waals surface area contributed by atoms with E-state index in [9.17, 15) is 13.2 Å². The topological polar surface area (TPSA) is 29.9 Å². The lowest BCUT2D eigenvalue weighted by Gasteiger charge is -2.09. The zero-order valence-electron chi connectivity index (χ0n) is 11.3. The van der Waals surface area contributed by atoms with Crippen LogP contribution in [0.2, 0.25) is 0 Å². The van der Waals surface area contributed by atoms with Gasteiger partial charge in [0, 0.05) is 20.1 Å². The van der Waals surface area contributed by atoms with Crippen molar-refractivity contribution >= 4 is 0 Å². The van der Waals surface area contributed by atoms with E-state index in [4.69, 9.17) is 0 Å². The summed E-state index contributed by atoms with van der Waals surface area (Å²) in [7, 11) is 1.84. The molecule has 1 N–H and O–H groups in total. The normalized spacial score (nSPS) is 11.8. The molecule has 0 aliphatic carbocycles. The third-order valence-corrected chi connectivity index (χ3v) is 2.99. The third kappa shape index (κ3) is 3.60. The quantitative estimate of drug-likeness (QED) is 0.934. The van der Waals surface area contributed by atoms with Crippen LogP contribution in [0.3, 0.4) is 0 Å². The van der Waals surface area contributed by atoms with Crippen LogP contribution in [0.5, 0.6) is 0 Å². The highest BCUT2D eigenvalue weighted by atomic mass is 19.4. The smallest absolute Gasteiger partial charge is 0.307 e. The van der Waals surface area contributed by atoms with E-state index in [0.29, 0.717) is 18.7 Å². The van der Waals surface area contributed by atoms with E-state index in [1.165, 1.54) is 12.1 Å². The maximum atomic E-state index is 12.6. The molecule has 1 aromatic carbocycles. The first-order valence-electron chi connectivity index (χ1n) is 6.22. The highest BCUT2D eigenvalue weighted by Gasteiger charge is 2.30. The van der Waals surface area contributed by atoms with Crippen molar-refractivity contribution in [2.45, 2.75) is 26.2 Å². The van der Waals surface area contributed by atoms with Gasteiger partial charge in [-0.05, 0) is 24.6 Å². The van der Waals surface area contributed by atoms with Crippen molar-refractivity contribution in [3.8, 4) is 0 Å². The van der Waals surface area contributed by atoms with Crippen LogP contribution in [0.25, 0.3) is 0 Å². The summed E-state index contributed by atoms with van der Waals surface area (Å²) in [6.07, 6.45) is -4.30. The largest absolute Gasteiger partial charge is 0.416 e. The maximum absolute atomic E-state index is 12.6. The number of nitrogens with one attached hydrogen (secondary N) is 1. The molecule has 0 aliphatic rings. The zero-order chi connectivity index (χ0) is 14.8. The molecule has 6 heteroatoms. The number of benzene rings is 1. The molecule has 108 valence electrons. The predicted molar refractivity (Wildman–Crippen MR) is 69.9 cm³/mol. The summed E-state index contributed by atoms with van der Waals surface area (Å²) < 4.78 is 39.5. The SMILES string of the molecule is Cc1cc(CNCc2cccc(C(F)(F)F)c2)n(C)n1. The van der Waals surface area contributed by atoms with E-state index in [-0.39, 0.29) is 0 Å². The van der Waals surface area contributed by atoms with Crippen molar-refractivity contribution in [2.24, 2.45) is 7.05 Å². The summed E-state index contributed by atoms with van der Waals surface area (Å²) in [5, 5.41) is 7.33. The van der Waals surface area contributed by atoms with Gasteiger partial charge in [-0.3, -0.25) is 4.68 Å². The Bertz CT molecular complexity index is 588. The molecule has 3 nitrogen and oxygen atoms in total. The second-order valence-electron chi connectivity index (χ2n) is 4.70. The highest BCUT2D eigenvalue weighted by molar-refractivity contribution is 5.25. The Labute approximate surface area is 115 Å². The van der Waals surface area contributed by atoms with Gasteiger partial charge in [0.15, 0.2) is 0 Å². The number of alkyl halides is 3. The van der Waals surface area contributed by atoms with Gasteiger partial charge in [-0.1, -0.05) is 18.2 Å². The van der Waals surface area contributed by atoms with Gasteiger partial charge in [0.25, 0.3) is 0 Å². The number of rotatable bonds is 4. The summed E-state index contributed by atoms with van der Waals surface area (Å²) in [4.78, 5) is 0. The van der Waals surface area contributed by atoms with Gasteiger partial charge in [0.1, 0.15) is 0 Å². The minimum absolute atomic E-state index is 0.383. The lowest BCUT2D eigenvalue weighted by molar-refractivity contribution is -0.137. The van der Waals surface area contributed by atoms with Crippen LogP contribution >= 0.6 is 0 Å². The van der Waals surface area contributed by atoms with E-state index < -0.39 is 11.7 Å². The first kappa shape index (κ1) is 14.6. The summed E-state index contributed by atoms with van der Waals surface area (Å²) in [6, 6.07) is 7.29. The van der Waals surface area contributed by atoms with Crippen molar-refractivity contribution in [1.29, 1.82) is 0 Å². The van der Waals surface area contributed by atoms with Crippen LogP contribution < -0.4 is 5.32 Å². The molecular weight excluding hydrogens is 267 g/mol. The minimum atomic E-state index is -4.30. The molecule has 0 bridgehead atoms. The highest BCUT2D eigenvalue weighted by Crippen LogP contribution is 2.29. The Morgan fingerprint density at radius 2 is 1.95 bits per heavy atom. The van der Waals surface area contributed by atoms with E-state index in [0.717, 1.165) is 17.5 Å². The Morgan fingerprint density at radius 1 is 1.20 bits per heavy atom. The molecule has 0 saturated carbocycles. The van der Waals surface area contributed by atoms with Crippen molar-refractivity contribution in [3.05, 3.63) is 52.8 Å². The molecule has 0 spiro atoms. The van der Waals surface area contributed by atoms with E-state index >= 15 is 0 Å². The van der Waals surface area contributed by atoms with Gasteiger partial charge in [0.2, 0.25) is 0 Å². The van der Waals surface area contributed by atoms with Crippen molar-refractivity contribution in [1.82, 2.24) is 15.1 Å². The molecule has 2 rings (SSSR count). The Morgan fingerprint density at radius 3 is 2.55 bits per heavy atom. The monoisotopic (exact) mass is 283 g/mol. The van der Waals surface area contributed by atoms with Gasteiger partial charge in [-0.2, -0.15) is 18.3 Å². The fraction of sp³-hybridized carbons (Fsp3) is 0.357. The maximum Gasteiger partial charge on any atom is 0.416 e. The standard InChI is InChI=1S/C14H16F3N3/c1-10-6-13(20(2)19-10)9-18-8-11-4-3-5-12(7-11)14(15,16)17/h3-7,18H,8-9H2,1-2H3. The first-order chi connectivity index (χ1) is 9.36. The number of aryl methyl sites for hydroxylation is 2. The lowest BCUT2D eigenvalue weighted by atomic mass is 10.1. The van der Waals surface area contributed by atoms with Crippen LogP contribution in [-0.2, 0) is 26.3 Å². The van der Waals surface area contributed by atoms with E-state index in [1.54, 1.807) is 10.7 Å². The summed E-state index contributed by atoms with van der Waals surface area (Å²) in [5.41, 5.74) is 1.91. The van der Waals surface area contributed by atoms with E-state index in [1.807, 2.05) is 20.0 Å². The number of hydrogen-bond acceptors (Lipinski definition) is 2. The second kappa shape index (κ2) is 5.66. The fourth-order valence-electron chi connectivity index (χ4n) is 2.02. The molecule has 1 aromatic heterocycles. The number of hydrogen-bond donors (Lipinski definition) is 1. The number of nitrogens with zero attached hydrogens (tertiary/aromatic N) is 2. The molecule has 0 radical (unpaired) electrons. The van der Waals surface area contributed by atoms with Gasteiger partial charge in [-0.25, -0.2) is 0 Å². The molecular formula is C14H16F3N3. The predicted octanol–water partition coefficient (Wildman–Crippen LogP) is 3.04. The van der Waals surface area contributed by atoms with Gasteiger partial charge in [-0.15, -0.1) is 0 Å². The molecule has 0 aliphatic heterocycles.